The molecular formula is C25H30N2O5. The van der Waals surface area contributed by atoms with E-state index in [0.29, 0.717) is 29.4 Å². The summed E-state index contributed by atoms with van der Waals surface area (Å²) in [5.41, 5.74) is 3.96. The largest absolute Gasteiger partial charge is 0.493 e. The van der Waals surface area contributed by atoms with Gasteiger partial charge in [0.05, 0.1) is 38.6 Å². The molecule has 3 rings (SSSR count). The highest BCUT2D eigenvalue weighted by atomic mass is 16.5. The average Bonchev–Trinajstić information content (AvgIpc) is 3.21. The predicted octanol–water partition coefficient (Wildman–Crippen LogP) is 5.06. The van der Waals surface area contributed by atoms with Crippen LogP contribution in [0.2, 0.25) is 0 Å². The number of carboxylic acid groups (broad SMARTS) is 1. The highest BCUT2D eigenvalue weighted by molar-refractivity contribution is 5.78. The van der Waals surface area contributed by atoms with E-state index >= 15 is 0 Å². The first-order valence-corrected chi connectivity index (χ1v) is 10.8. The maximum absolute atomic E-state index is 11.2. The summed E-state index contributed by atoms with van der Waals surface area (Å²) >= 11 is 0. The standard InChI is InChI=1S/C25H30N2O5/c1-5-7-13-27-21(18-9-8-10-23(30-3)25(18)31-4)16-20(26-27)19-14-17(15-24(28)29)11-12-22(19)32-6-2/h8-12,14,16H,5-7,13,15H2,1-4H3,(H,28,29). The van der Waals surface area contributed by atoms with Crippen molar-refractivity contribution in [1.82, 2.24) is 9.78 Å². The second-order valence-electron chi connectivity index (χ2n) is 7.37. The molecule has 0 radical (unpaired) electrons. The second kappa shape index (κ2) is 10.7. The number of benzene rings is 2. The summed E-state index contributed by atoms with van der Waals surface area (Å²) < 4.78 is 18.9. The molecule has 0 amide bonds. The van der Waals surface area contributed by atoms with Crippen molar-refractivity contribution in [2.75, 3.05) is 20.8 Å². The first-order chi connectivity index (χ1) is 15.5. The van der Waals surface area contributed by atoms with Gasteiger partial charge in [-0.05, 0) is 49.2 Å². The van der Waals surface area contributed by atoms with Gasteiger partial charge in [0, 0.05) is 17.7 Å². The van der Waals surface area contributed by atoms with Gasteiger partial charge in [-0.15, -0.1) is 0 Å². The van der Waals surface area contributed by atoms with Gasteiger partial charge in [0.1, 0.15) is 5.75 Å². The number of hydrogen-bond donors (Lipinski definition) is 1. The summed E-state index contributed by atoms with van der Waals surface area (Å²) in [6, 6.07) is 13.2. The molecule has 0 saturated carbocycles. The van der Waals surface area contributed by atoms with E-state index in [0.717, 1.165) is 41.9 Å². The monoisotopic (exact) mass is 438 g/mol. The van der Waals surface area contributed by atoms with Crippen LogP contribution in [0, 0.1) is 0 Å². The molecular weight excluding hydrogens is 408 g/mol. The first-order valence-electron chi connectivity index (χ1n) is 10.8. The fourth-order valence-corrected chi connectivity index (χ4v) is 3.68. The molecule has 1 heterocycles. The average molecular weight is 439 g/mol. The number of aliphatic carboxylic acids is 1. The highest BCUT2D eigenvalue weighted by Gasteiger charge is 2.20. The van der Waals surface area contributed by atoms with Crippen LogP contribution >= 0.6 is 0 Å². The maximum Gasteiger partial charge on any atom is 0.307 e. The number of carboxylic acids is 1. The van der Waals surface area contributed by atoms with Crippen molar-refractivity contribution >= 4 is 5.97 Å². The summed E-state index contributed by atoms with van der Waals surface area (Å²) in [6.07, 6.45) is 1.94. The van der Waals surface area contributed by atoms with Gasteiger partial charge in [0.2, 0.25) is 0 Å². The molecule has 2 aromatic carbocycles. The highest BCUT2D eigenvalue weighted by Crippen LogP contribution is 2.40. The van der Waals surface area contributed by atoms with E-state index in [1.807, 2.05) is 48.0 Å². The molecule has 3 aromatic rings. The number of unbranched alkanes of at least 4 members (excludes halogenated alkanes) is 1. The minimum atomic E-state index is -0.879. The number of nitrogens with zero attached hydrogens (tertiary/aromatic N) is 2. The SMILES string of the molecule is CCCCn1nc(-c2cc(CC(=O)O)ccc2OCC)cc1-c1cccc(OC)c1OC. The lowest BCUT2D eigenvalue weighted by atomic mass is 10.0. The summed E-state index contributed by atoms with van der Waals surface area (Å²) in [5, 5.41) is 14.1. The molecule has 0 saturated heterocycles. The Kier molecular flexibility index (Phi) is 7.76. The fourth-order valence-electron chi connectivity index (χ4n) is 3.68. The van der Waals surface area contributed by atoms with Gasteiger partial charge in [-0.1, -0.05) is 25.5 Å². The molecule has 0 aliphatic carbocycles. The van der Waals surface area contributed by atoms with E-state index in [9.17, 15) is 9.90 Å². The number of ether oxygens (including phenoxy) is 3. The zero-order valence-corrected chi connectivity index (χ0v) is 19.1. The van der Waals surface area contributed by atoms with E-state index in [1.54, 1.807) is 20.3 Å². The molecule has 0 fully saturated rings. The Hall–Kier alpha value is -3.48. The van der Waals surface area contributed by atoms with Crippen LogP contribution in [0.4, 0.5) is 0 Å². The molecule has 7 nitrogen and oxygen atoms in total. The van der Waals surface area contributed by atoms with Gasteiger partial charge in [0.25, 0.3) is 0 Å². The number of para-hydroxylation sites is 1. The molecule has 0 spiro atoms. The Morgan fingerprint density at radius 2 is 1.84 bits per heavy atom. The Bertz CT molecular complexity index is 1070. The normalized spacial score (nSPS) is 10.8. The van der Waals surface area contributed by atoms with E-state index in [4.69, 9.17) is 19.3 Å². The number of methoxy groups -OCH3 is 2. The number of hydrogen-bond acceptors (Lipinski definition) is 5. The molecule has 170 valence electrons. The summed E-state index contributed by atoms with van der Waals surface area (Å²) in [6.45, 7) is 5.30. The lowest BCUT2D eigenvalue weighted by Crippen LogP contribution is -2.04. The molecule has 7 heteroatoms. The van der Waals surface area contributed by atoms with Crippen molar-refractivity contribution in [2.24, 2.45) is 0 Å². The third-order valence-electron chi connectivity index (χ3n) is 5.16. The van der Waals surface area contributed by atoms with Crippen LogP contribution in [0.1, 0.15) is 32.3 Å². The van der Waals surface area contributed by atoms with Crippen LogP contribution in [0.5, 0.6) is 17.2 Å². The maximum atomic E-state index is 11.2. The zero-order valence-electron chi connectivity index (χ0n) is 19.1. The quantitative estimate of drug-likeness (QED) is 0.451. The van der Waals surface area contributed by atoms with E-state index in [2.05, 4.69) is 6.92 Å². The Balaban J connectivity index is 2.18. The topological polar surface area (TPSA) is 82.8 Å². The molecule has 0 atom stereocenters. The fraction of sp³-hybridized carbons (Fsp3) is 0.360. The van der Waals surface area contributed by atoms with Gasteiger partial charge in [-0.25, -0.2) is 0 Å². The van der Waals surface area contributed by atoms with Gasteiger partial charge >= 0.3 is 5.97 Å². The lowest BCUT2D eigenvalue weighted by molar-refractivity contribution is -0.136. The van der Waals surface area contributed by atoms with Gasteiger partial charge in [-0.3, -0.25) is 9.48 Å². The zero-order chi connectivity index (χ0) is 23.1. The molecule has 32 heavy (non-hydrogen) atoms. The number of aromatic nitrogens is 2. The Labute approximate surface area is 188 Å². The van der Waals surface area contributed by atoms with Gasteiger partial charge < -0.3 is 19.3 Å². The van der Waals surface area contributed by atoms with Gasteiger partial charge in [-0.2, -0.15) is 5.10 Å². The minimum absolute atomic E-state index is 0.0630. The summed E-state index contributed by atoms with van der Waals surface area (Å²) in [7, 11) is 3.24. The van der Waals surface area contributed by atoms with E-state index in [1.165, 1.54) is 0 Å². The van der Waals surface area contributed by atoms with Crippen LogP contribution < -0.4 is 14.2 Å². The molecule has 0 aliphatic rings. The molecule has 1 aromatic heterocycles. The van der Waals surface area contributed by atoms with Crippen molar-refractivity contribution in [3.8, 4) is 39.8 Å². The minimum Gasteiger partial charge on any atom is -0.493 e. The van der Waals surface area contributed by atoms with Crippen LogP contribution in [0.15, 0.2) is 42.5 Å². The van der Waals surface area contributed by atoms with Crippen molar-refractivity contribution in [1.29, 1.82) is 0 Å². The van der Waals surface area contributed by atoms with Crippen LogP contribution in [0.3, 0.4) is 0 Å². The smallest absolute Gasteiger partial charge is 0.307 e. The second-order valence-corrected chi connectivity index (χ2v) is 7.37. The number of carbonyl (C=O) groups is 1. The number of rotatable bonds is 11. The van der Waals surface area contributed by atoms with Crippen molar-refractivity contribution in [3.63, 3.8) is 0 Å². The van der Waals surface area contributed by atoms with E-state index in [-0.39, 0.29) is 6.42 Å². The van der Waals surface area contributed by atoms with Gasteiger partial charge in [0.15, 0.2) is 11.5 Å². The van der Waals surface area contributed by atoms with Crippen LogP contribution in [-0.4, -0.2) is 41.7 Å². The van der Waals surface area contributed by atoms with Crippen molar-refractivity contribution in [2.45, 2.75) is 39.7 Å². The predicted molar refractivity (Wildman–Crippen MR) is 124 cm³/mol. The van der Waals surface area contributed by atoms with Crippen LogP contribution in [0.25, 0.3) is 22.5 Å². The van der Waals surface area contributed by atoms with Crippen LogP contribution in [-0.2, 0) is 17.8 Å². The summed E-state index contributed by atoms with van der Waals surface area (Å²) in [5.74, 6) is 1.08. The lowest BCUT2D eigenvalue weighted by Gasteiger charge is -2.13. The first kappa shape index (κ1) is 23.2. The third-order valence-corrected chi connectivity index (χ3v) is 5.16. The van der Waals surface area contributed by atoms with Crippen molar-refractivity contribution in [3.05, 3.63) is 48.0 Å². The Morgan fingerprint density at radius 1 is 1.03 bits per heavy atom. The molecule has 1 N–H and O–H groups in total. The number of aryl methyl sites for hydroxylation is 1. The molecule has 0 unspecified atom stereocenters. The molecule has 0 aliphatic heterocycles. The van der Waals surface area contributed by atoms with Crippen molar-refractivity contribution < 1.29 is 24.1 Å². The molecule has 0 bridgehead atoms. The summed E-state index contributed by atoms with van der Waals surface area (Å²) in [4.78, 5) is 11.2. The third kappa shape index (κ3) is 5.04. The Morgan fingerprint density at radius 3 is 2.50 bits per heavy atom. The van der Waals surface area contributed by atoms with E-state index < -0.39 is 5.97 Å².